The van der Waals surface area contributed by atoms with Crippen LogP contribution in [0.3, 0.4) is 0 Å². The zero-order valence-electron chi connectivity index (χ0n) is 5.55. The van der Waals surface area contributed by atoms with Crippen LogP contribution in [0.5, 0.6) is 5.06 Å². The molecule has 0 aromatic carbocycles. The largest absolute Gasteiger partial charge is 0.483 e. The molecule has 0 bridgehead atoms. The summed E-state index contributed by atoms with van der Waals surface area (Å²) in [5.74, 6) is 0. The molecule has 0 radical (unpaired) electrons. The van der Waals surface area contributed by atoms with Gasteiger partial charge in [-0.3, -0.25) is 0 Å². The fraction of sp³-hybridized carbons (Fsp3) is 0.500. The normalized spacial score (nSPS) is 9.56. The van der Waals surface area contributed by atoms with Crippen molar-refractivity contribution in [3.63, 3.8) is 0 Å². The highest BCUT2D eigenvalue weighted by molar-refractivity contribution is 7.11. The maximum atomic E-state index is 5.23. The smallest absolute Gasteiger partial charge is 0.196 e. The van der Waals surface area contributed by atoms with E-state index in [4.69, 9.17) is 4.74 Å². The van der Waals surface area contributed by atoms with Crippen LogP contribution in [-0.2, 0) is 0 Å². The number of hydrogen-bond acceptors (Lipinski definition) is 3. The van der Waals surface area contributed by atoms with Crippen LogP contribution in [0.2, 0.25) is 0 Å². The van der Waals surface area contributed by atoms with Crippen molar-refractivity contribution >= 4 is 11.3 Å². The number of aryl methyl sites for hydroxylation is 1. The lowest BCUT2D eigenvalue weighted by Crippen LogP contribution is -1.89. The molecule has 0 aliphatic carbocycles. The maximum Gasteiger partial charge on any atom is 0.196 e. The third-order valence-corrected chi connectivity index (χ3v) is 1.82. The first-order valence-corrected chi connectivity index (χ1v) is 3.75. The second-order valence-electron chi connectivity index (χ2n) is 1.66. The van der Waals surface area contributed by atoms with Gasteiger partial charge in [-0.1, -0.05) is 11.3 Å². The van der Waals surface area contributed by atoms with E-state index in [1.165, 1.54) is 0 Å². The van der Waals surface area contributed by atoms with Crippen LogP contribution < -0.4 is 4.74 Å². The van der Waals surface area contributed by atoms with E-state index in [1.54, 1.807) is 16.8 Å². The van der Waals surface area contributed by atoms with Crippen molar-refractivity contribution in [2.45, 2.75) is 13.8 Å². The number of thiazole rings is 1. The number of ether oxygens (including phenoxy) is 1. The van der Waals surface area contributed by atoms with Crippen LogP contribution in [0.15, 0.2) is 5.51 Å². The molecular formula is C6H9NOS. The summed E-state index contributed by atoms with van der Waals surface area (Å²) in [6, 6.07) is 0. The van der Waals surface area contributed by atoms with Crippen LogP contribution in [0.4, 0.5) is 0 Å². The number of nitrogens with zero attached hydrogens (tertiary/aromatic N) is 1. The average Bonchev–Trinajstić information content (AvgIpc) is 2.18. The van der Waals surface area contributed by atoms with Gasteiger partial charge in [0.2, 0.25) is 0 Å². The van der Waals surface area contributed by atoms with Gasteiger partial charge in [-0.05, 0) is 13.8 Å². The van der Waals surface area contributed by atoms with Gasteiger partial charge in [-0.15, -0.1) is 0 Å². The van der Waals surface area contributed by atoms with Crippen molar-refractivity contribution in [2.24, 2.45) is 0 Å². The Morgan fingerprint density at radius 2 is 2.56 bits per heavy atom. The molecule has 1 aromatic rings. The molecule has 9 heavy (non-hydrogen) atoms. The topological polar surface area (TPSA) is 22.1 Å². The quantitative estimate of drug-likeness (QED) is 0.630. The molecule has 1 aromatic heterocycles. The first-order valence-electron chi connectivity index (χ1n) is 2.87. The number of hydrogen-bond donors (Lipinski definition) is 0. The van der Waals surface area contributed by atoms with E-state index >= 15 is 0 Å². The molecular weight excluding hydrogens is 134 g/mol. The van der Waals surface area contributed by atoms with Crippen LogP contribution in [0, 0.1) is 6.92 Å². The fourth-order valence-corrected chi connectivity index (χ4v) is 1.28. The fourth-order valence-electron chi connectivity index (χ4n) is 0.561. The molecule has 1 rings (SSSR count). The Hall–Kier alpha value is -0.570. The van der Waals surface area contributed by atoms with Crippen LogP contribution in [-0.4, -0.2) is 11.6 Å². The van der Waals surface area contributed by atoms with Gasteiger partial charge in [0.15, 0.2) is 5.06 Å². The predicted octanol–water partition coefficient (Wildman–Crippen LogP) is 1.85. The molecule has 0 N–H and O–H groups in total. The maximum absolute atomic E-state index is 5.23. The van der Waals surface area contributed by atoms with Crippen LogP contribution in [0.1, 0.15) is 12.6 Å². The Kier molecular flexibility index (Phi) is 2.05. The van der Waals surface area contributed by atoms with Crippen molar-refractivity contribution in [3.05, 3.63) is 11.2 Å². The summed E-state index contributed by atoms with van der Waals surface area (Å²) in [4.78, 5) is 4.03. The highest BCUT2D eigenvalue weighted by Crippen LogP contribution is 2.21. The minimum absolute atomic E-state index is 0.725. The summed E-state index contributed by atoms with van der Waals surface area (Å²) in [7, 11) is 0. The molecule has 0 atom stereocenters. The van der Waals surface area contributed by atoms with E-state index in [1.807, 2.05) is 13.8 Å². The highest BCUT2D eigenvalue weighted by Gasteiger charge is 1.98. The van der Waals surface area contributed by atoms with Gasteiger partial charge in [-0.25, -0.2) is 4.98 Å². The third-order valence-electron chi connectivity index (χ3n) is 0.977. The van der Waals surface area contributed by atoms with Gasteiger partial charge in [0.05, 0.1) is 17.8 Å². The van der Waals surface area contributed by atoms with Crippen LogP contribution >= 0.6 is 11.3 Å². The standard InChI is InChI=1S/C6H9NOS/c1-3-8-6-5(2)7-4-9-6/h4H,3H2,1-2H3. The molecule has 1 heterocycles. The molecule has 0 fully saturated rings. The summed E-state index contributed by atoms with van der Waals surface area (Å²) in [5, 5.41) is 0.942. The Bertz CT molecular complexity index is 185. The van der Waals surface area contributed by atoms with Crippen molar-refractivity contribution in [1.82, 2.24) is 4.98 Å². The number of rotatable bonds is 2. The second kappa shape index (κ2) is 2.82. The highest BCUT2D eigenvalue weighted by atomic mass is 32.1. The summed E-state index contributed by atoms with van der Waals surface area (Å²) >= 11 is 1.54. The average molecular weight is 143 g/mol. The van der Waals surface area contributed by atoms with E-state index in [2.05, 4.69) is 4.98 Å². The monoisotopic (exact) mass is 143 g/mol. The summed E-state index contributed by atoms with van der Waals surface area (Å²) < 4.78 is 5.23. The van der Waals surface area contributed by atoms with Gasteiger partial charge >= 0.3 is 0 Å². The van der Waals surface area contributed by atoms with Crippen molar-refractivity contribution in [1.29, 1.82) is 0 Å². The van der Waals surface area contributed by atoms with E-state index in [9.17, 15) is 0 Å². The Morgan fingerprint density at radius 3 is 3.00 bits per heavy atom. The summed E-state index contributed by atoms with van der Waals surface area (Å²) in [6.07, 6.45) is 0. The summed E-state index contributed by atoms with van der Waals surface area (Å²) in [6.45, 7) is 4.64. The SMILES string of the molecule is CCOc1scnc1C. The van der Waals surface area contributed by atoms with Crippen molar-refractivity contribution in [3.8, 4) is 5.06 Å². The third kappa shape index (κ3) is 1.42. The molecule has 0 aliphatic rings. The van der Waals surface area contributed by atoms with E-state index in [-0.39, 0.29) is 0 Å². The molecule has 0 saturated carbocycles. The Balaban J connectivity index is 2.69. The van der Waals surface area contributed by atoms with Gasteiger partial charge in [-0.2, -0.15) is 0 Å². The molecule has 3 heteroatoms. The molecule has 0 spiro atoms. The van der Waals surface area contributed by atoms with Crippen molar-refractivity contribution < 1.29 is 4.74 Å². The minimum atomic E-state index is 0.725. The Labute approximate surface area is 58.5 Å². The molecule has 0 aliphatic heterocycles. The zero-order chi connectivity index (χ0) is 6.69. The Morgan fingerprint density at radius 1 is 1.78 bits per heavy atom. The van der Waals surface area contributed by atoms with Gasteiger partial charge in [0, 0.05) is 0 Å². The molecule has 0 unspecified atom stereocenters. The van der Waals surface area contributed by atoms with E-state index < -0.39 is 0 Å². The first kappa shape index (κ1) is 6.55. The summed E-state index contributed by atoms with van der Waals surface area (Å²) in [5.41, 5.74) is 2.78. The first-order chi connectivity index (χ1) is 4.34. The van der Waals surface area contributed by atoms with E-state index in [0.717, 1.165) is 17.4 Å². The minimum Gasteiger partial charge on any atom is -0.483 e. The van der Waals surface area contributed by atoms with Gasteiger partial charge < -0.3 is 4.74 Å². The molecule has 0 amide bonds. The lowest BCUT2D eigenvalue weighted by atomic mass is 10.6. The number of aromatic nitrogens is 1. The van der Waals surface area contributed by atoms with Crippen LogP contribution in [0.25, 0.3) is 0 Å². The second-order valence-corrected chi connectivity index (χ2v) is 2.48. The van der Waals surface area contributed by atoms with Gasteiger partial charge in [0.1, 0.15) is 0 Å². The lowest BCUT2D eigenvalue weighted by Gasteiger charge is -1.96. The predicted molar refractivity (Wildman–Crippen MR) is 38.0 cm³/mol. The molecule has 2 nitrogen and oxygen atoms in total. The molecule has 50 valence electrons. The zero-order valence-corrected chi connectivity index (χ0v) is 6.36. The van der Waals surface area contributed by atoms with E-state index in [0.29, 0.717) is 0 Å². The molecule has 0 saturated heterocycles. The van der Waals surface area contributed by atoms with Gasteiger partial charge in [0.25, 0.3) is 0 Å². The van der Waals surface area contributed by atoms with Crippen molar-refractivity contribution in [2.75, 3.05) is 6.61 Å². The lowest BCUT2D eigenvalue weighted by molar-refractivity contribution is 0.347.